The van der Waals surface area contributed by atoms with Crippen LogP contribution in [0.15, 0.2) is 54.6 Å². The lowest BCUT2D eigenvalue weighted by Gasteiger charge is -2.24. The van der Waals surface area contributed by atoms with Crippen molar-refractivity contribution in [2.75, 3.05) is 13.2 Å². The molecule has 2 aromatic rings. The van der Waals surface area contributed by atoms with Crippen molar-refractivity contribution < 1.29 is 18.3 Å². The van der Waals surface area contributed by atoms with Crippen LogP contribution in [0.5, 0.6) is 0 Å². The molecule has 0 aliphatic carbocycles. The summed E-state index contributed by atoms with van der Waals surface area (Å²) in [5.41, 5.74) is 2.22. The Bertz CT molecular complexity index is 839. The average Bonchev–Trinajstić information content (AvgIpc) is 2.70. The number of hydrogen-bond donors (Lipinski definition) is 0. The Labute approximate surface area is 158 Å². The van der Waals surface area contributed by atoms with Crippen LogP contribution in [0, 0.1) is 29.4 Å². The first-order chi connectivity index (χ1) is 13.2. The molecule has 2 nitrogen and oxygen atoms in total. The molecule has 0 spiro atoms. The molecule has 27 heavy (non-hydrogen) atoms. The van der Waals surface area contributed by atoms with Crippen LogP contribution in [0.2, 0.25) is 0 Å². The molecule has 1 fully saturated rings. The van der Waals surface area contributed by atoms with E-state index in [1.54, 1.807) is 6.07 Å². The summed E-state index contributed by atoms with van der Waals surface area (Å²) < 4.78 is 37.7. The normalized spacial score (nSPS) is 19.7. The minimum absolute atomic E-state index is 0.282. The van der Waals surface area contributed by atoms with Gasteiger partial charge in [0.25, 0.3) is 0 Å². The zero-order chi connectivity index (χ0) is 19.1. The molecule has 1 heterocycles. The Morgan fingerprint density at radius 2 is 1.70 bits per heavy atom. The highest BCUT2D eigenvalue weighted by Crippen LogP contribution is 2.22. The fraction of sp³-hybridized carbons (Fsp3) is 0.304. The Morgan fingerprint density at radius 3 is 2.37 bits per heavy atom. The Morgan fingerprint density at radius 1 is 1.00 bits per heavy atom. The average molecular weight is 368 g/mol. The minimum atomic E-state index is -0.856. The van der Waals surface area contributed by atoms with Crippen LogP contribution in [0.4, 0.5) is 8.78 Å². The van der Waals surface area contributed by atoms with Crippen LogP contribution in [0.3, 0.4) is 0 Å². The quantitative estimate of drug-likeness (QED) is 0.536. The maximum Gasteiger partial charge on any atom is 0.222 e. The number of hydrogen-bond acceptors (Lipinski definition) is 2. The molecule has 0 N–H and O–H groups in total. The van der Waals surface area contributed by atoms with Crippen molar-refractivity contribution in [3.63, 3.8) is 0 Å². The topological polar surface area (TPSA) is 18.5 Å². The molecule has 0 saturated carbocycles. The maximum atomic E-state index is 13.4. The van der Waals surface area contributed by atoms with E-state index in [9.17, 15) is 8.78 Å². The summed E-state index contributed by atoms with van der Waals surface area (Å²) in [6, 6.07) is 11.2. The molecule has 0 bridgehead atoms. The molecule has 0 aromatic heterocycles. The molecule has 0 unspecified atom stereocenters. The van der Waals surface area contributed by atoms with Gasteiger partial charge in [-0.25, -0.2) is 8.78 Å². The molecule has 2 aromatic carbocycles. The number of halogens is 2. The molecule has 1 aliphatic heterocycles. The van der Waals surface area contributed by atoms with Crippen LogP contribution in [-0.2, 0) is 9.47 Å². The summed E-state index contributed by atoms with van der Waals surface area (Å²) in [6.07, 6.45) is 5.99. The van der Waals surface area contributed by atoms with Crippen molar-refractivity contribution in [2.24, 2.45) is 5.92 Å². The van der Waals surface area contributed by atoms with Crippen LogP contribution in [0.1, 0.15) is 25.3 Å². The van der Waals surface area contributed by atoms with Gasteiger partial charge < -0.3 is 9.47 Å². The fourth-order valence-corrected chi connectivity index (χ4v) is 2.73. The molecule has 0 amide bonds. The monoisotopic (exact) mass is 368 g/mol. The highest BCUT2D eigenvalue weighted by atomic mass is 19.2. The Kier molecular flexibility index (Phi) is 6.75. The minimum Gasteiger partial charge on any atom is -0.341 e. The maximum absolute atomic E-state index is 13.4. The summed E-state index contributed by atoms with van der Waals surface area (Å²) in [5.74, 6) is 4.58. The first-order valence-corrected chi connectivity index (χ1v) is 9.12. The highest BCUT2D eigenvalue weighted by Gasteiger charge is 2.18. The molecule has 4 heteroatoms. The third-order valence-corrected chi connectivity index (χ3v) is 4.26. The van der Waals surface area contributed by atoms with Gasteiger partial charge in [0.2, 0.25) is 6.29 Å². The van der Waals surface area contributed by atoms with Crippen LogP contribution in [-0.4, -0.2) is 19.5 Å². The Hall–Kier alpha value is -2.48. The summed E-state index contributed by atoms with van der Waals surface area (Å²) in [5, 5.41) is 0. The SMILES string of the molecule is CCC/C=C/[C@H]1CO[C@H](C#Cc2ccc(-c3ccc(F)c(F)c3)cc2)OC1. The van der Waals surface area contributed by atoms with Gasteiger partial charge in [0.15, 0.2) is 11.6 Å². The van der Waals surface area contributed by atoms with Crippen LogP contribution >= 0.6 is 0 Å². The van der Waals surface area contributed by atoms with E-state index in [1.807, 2.05) is 24.3 Å². The van der Waals surface area contributed by atoms with E-state index in [0.29, 0.717) is 18.8 Å². The van der Waals surface area contributed by atoms with Crippen LogP contribution < -0.4 is 0 Å². The van der Waals surface area contributed by atoms with Gasteiger partial charge in [0, 0.05) is 11.5 Å². The third-order valence-electron chi connectivity index (χ3n) is 4.26. The largest absolute Gasteiger partial charge is 0.341 e. The van der Waals surface area contributed by atoms with Gasteiger partial charge in [0.1, 0.15) is 0 Å². The third kappa shape index (κ3) is 5.50. The van der Waals surface area contributed by atoms with Gasteiger partial charge in [-0.1, -0.05) is 49.6 Å². The van der Waals surface area contributed by atoms with Crippen molar-refractivity contribution in [1.82, 2.24) is 0 Å². The second-order valence-electron chi connectivity index (χ2n) is 6.45. The Balaban J connectivity index is 1.57. The summed E-state index contributed by atoms with van der Waals surface area (Å²) in [6.45, 7) is 3.36. The van der Waals surface area contributed by atoms with Crippen molar-refractivity contribution in [3.05, 3.63) is 71.8 Å². The number of rotatable bonds is 4. The molecular formula is C23H22F2O2. The molecular weight excluding hydrogens is 346 g/mol. The fourth-order valence-electron chi connectivity index (χ4n) is 2.73. The van der Waals surface area contributed by atoms with Gasteiger partial charge in [-0.3, -0.25) is 0 Å². The van der Waals surface area contributed by atoms with Gasteiger partial charge in [-0.2, -0.15) is 0 Å². The van der Waals surface area contributed by atoms with E-state index in [1.165, 1.54) is 6.07 Å². The predicted molar refractivity (Wildman–Crippen MR) is 102 cm³/mol. The van der Waals surface area contributed by atoms with Crippen molar-refractivity contribution >= 4 is 0 Å². The standard InChI is InChI=1S/C23H22F2O2/c1-2-3-4-5-18-15-26-23(27-16-18)13-8-17-6-9-19(10-7-17)20-11-12-21(24)22(25)14-20/h4-7,9-12,14,18,23H,2-3,15-16H2,1H3/b5-4+/t18-,23-. The van der Waals surface area contributed by atoms with Gasteiger partial charge in [-0.05, 0) is 47.7 Å². The molecule has 1 saturated heterocycles. The summed E-state index contributed by atoms with van der Waals surface area (Å²) in [7, 11) is 0. The lowest BCUT2D eigenvalue weighted by atomic mass is 10.0. The van der Waals surface area contributed by atoms with E-state index in [0.717, 1.165) is 30.0 Å². The van der Waals surface area contributed by atoms with Crippen molar-refractivity contribution in [1.29, 1.82) is 0 Å². The number of allylic oxidation sites excluding steroid dienone is 1. The van der Waals surface area contributed by atoms with Gasteiger partial charge in [-0.15, -0.1) is 0 Å². The molecule has 1 aliphatic rings. The highest BCUT2D eigenvalue weighted by molar-refractivity contribution is 5.64. The molecule has 3 rings (SSSR count). The number of benzene rings is 2. The van der Waals surface area contributed by atoms with Gasteiger partial charge >= 0.3 is 0 Å². The first kappa shape index (κ1) is 19.3. The van der Waals surface area contributed by atoms with E-state index in [-0.39, 0.29) is 5.92 Å². The predicted octanol–water partition coefficient (Wildman–Crippen LogP) is 5.33. The lowest BCUT2D eigenvalue weighted by molar-refractivity contribution is -0.160. The summed E-state index contributed by atoms with van der Waals surface area (Å²) in [4.78, 5) is 0. The van der Waals surface area contributed by atoms with E-state index >= 15 is 0 Å². The van der Waals surface area contributed by atoms with E-state index < -0.39 is 17.9 Å². The molecule has 0 radical (unpaired) electrons. The molecule has 140 valence electrons. The van der Waals surface area contributed by atoms with Gasteiger partial charge in [0.05, 0.1) is 13.2 Å². The zero-order valence-electron chi connectivity index (χ0n) is 15.3. The number of ether oxygens (including phenoxy) is 2. The lowest BCUT2D eigenvalue weighted by Crippen LogP contribution is -2.30. The summed E-state index contributed by atoms with van der Waals surface area (Å²) >= 11 is 0. The second-order valence-corrected chi connectivity index (χ2v) is 6.45. The van der Waals surface area contributed by atoms with E-state index in [4.69, 9.17) is 9.47 Å². The first-order valence-electron chi connectivity index (χ1n) is 9.12. The van der Waals surface area contributed by atoms with Crippen molar-refractivity contribution in [3.8, 4) is 23.0 Å². The zero-order valence-corrected chi connectivity index (χ0v) is 15.3. The molecule has 0 atom stereocenters. The van der Waals surface area contributed by atoms with Crippen molar-refractivity contribution in [2.45, 2.75) is 26.1 Å². The second kappa shape index (κ2) is 9.45. The van der Waals surface area contributed by atoms with E-state index in [2.05, 4.69) is 30.9 Å². The number of unbranched alkanes of at least 4 members (excludes halogenated alkanes) is 1. The smallest absolute Gasteiger partial charge is 0.222 e. The van der Waals surface area contributed by atoms with Crippen LogP contribution in [0.25, 0.3) is 11.1 Å².